The van der Waals surface area contributed by atoms with Gasteiger partial charge in [0.05, 0.1) is 22.1 Å². The van der Waals surface area contributed by atoms with Crippen LogP contribution < -0.4 is 0 Å². The number of hydrogen-bond donors (Lipinski definition) is 0. The Morgan fingerprint density at radius 3 is 1.63 bits per heavy atom. The molecule has 3 heteroatoms. The summed E-state index contributed by atoms with van der Waals surface area (Å²) in [4.78, 5) is 0. The van der Waals surface area contributed by atoms with Gasteiger partial charge in [0, 0.05) is 43.7 Å². The van der Waals surface area contributed by atoms with E-state index in [2.05, 4.69) is 179 Å². The standard InChI is InChI=1S/C48H30N2O/c1-3-13-31(14-4-1)38-29-41-36-18-8-11-21-44(36)50(34-24-26-48-42(28-34)37-19-9-12-22-47(37)51-48)46(41)30-39(38)32-23-25-45-40(27-32)35-17-7-10-20-43(35)49(45)33-15-5-2-6-16-33/h1-30H. The van der Waals surface area contributed by atoms with E-state index in [1.165, 1.54) is 65.9 Å². The van der Waals surface area contributed by atoms with Crippen molar-refractivity contribution in [3.05, 3.63) is 182 Å². The van der Waals surface area contributed by atoms with Crippen LogP contribution >= 0.6 is 0 Å². The SMILES string of the molecule is c1ccc(-c2cc3c4ccccc4n(-c4ccc5oc6ccccc6c5c4)c3cc2-c2ccc3c(c2)c2ccccc2n3-c2ccccc2)cc1. The minimum Gasteiger partial charge on any atom is -0.456 e. The summed E-state index contributed by atoms with van der Waals surface area (Å²) in [6, 6.07) is 65.6. The van der Waals surface area contributed by atoms with Crippen molar-refractivity contribution in [1.82, 2.24) is 9.13 Å². The van der Waals surface area contributed by atoms with E-state index in [-0.39, 0.29) is 0 Å². The second-order valence-corrected chi connectivity index (χ2v) is 13.3. The first-order chi connectivity index (χ1) is 25.3. The lowest BCUT2D eigenvalue weighted by Crippen LogP contribution is -1.95. The first-order valence-corrected chi connectivity index (χ1v) is 17.4. The van der Waals surface area contributed by atoms with Gasteiger partial charge in [0.15, 0.2) is 0 Å². The van der Waals surface area contributed by atoms with Gasteiger partial charge in [-0.05, 0) is 95.1 Å². The Balaban J connectivity index is 1.22. The van der Waals surface area contributed by atoms with E-state index >= 15 is 0 Å². The number of benzene rings is 8. The maximum absolute atomic E-state index is 6.23. The van der Waals surface area contributed by atoms with Gasteiger partial charge in [-0.1, -0.05) is 109 Å². The molecule has 0 amide bonds. The maximum atomic E-state index is 6.23. The van der Waals surface area contributed by atoms with Crippen molar-refractivity contribution in [2.75, 3.05) is 0 Å². The zero-order valence-corrected chi connectivity index (χ0v) is 27.6. The lowest BCUT2D eigenvalue weighted by Gasteiger charge is -2.14. The molecule has 238 valence electrons. The Hall–Kier alpha value is -6.84. The summed E-state index contributed by atoms with van der Waals surface area (Å²) in [5.74, 6) is 0. The van der Waals surface area contributed by atoms with Crippen LogP contribution in [0.5, 0.6) is 0 Å². The van der Waals surface area contributed by atoms with Crippen molar-refractivity contribution in [3.8, 4) is 33.6 Å². The predicted octanol–water partition coefficient (Wildman–Crippen LogP) is 13.1. The van der Waals surface area contributed by atoms with Crippen LogP contribution in [0, 0.1) is 0 Å². The molecular weight excluding hydrogens is 621 g/mol. The third-order valence-corrected chi connectivity index (χ3v) is 10.5. The summed E-state index contributed by atoms with van der Waals surface area (Å²) in [5, 5.41) is 7.20. The van der Waals surface area contributed by atoms with Gasteiger partial charge in [0.1, 0.15) is 11.2 Å². The highest BCUT2D eigenvalue weighted by Crippen LogP contribution is 2.43. The van der Waals surface area contributed by atoms with E-state index < -0.39 is 0 Å². The largest absolute Gasteiger partial charge is 0.456 e. The molecule has 0 saturated carbocycles. The summed E-state index contributed by atoms with van der Waals surface area (Å²) >= 11 is 0. The van der Waals surface area contributed by atoms with Crippen molar-refractivity contribution in [3.63, 3.8) is 0 Å². The van der Waals surface area contributed by atoms with E-state index in [9.17, 15) is 0 Å². The van der Waals surface area contributed by atoms with E-state index in [1.54, 1.807) is 0 Å². The monoisotopic (exact) mass is 650 g/mol. The van der Waals surface area contributed by atoms with Crippen LogP contribution in [0.15, 0.2) is 186 Å². The van der Waals surface area contributed by atoms with Gasteiger partial charge in [0.2, 0.25) is 0 Å². The number of nitrogens with zero attached hydrogens (tertiary/aromatic N) is 2. The fraction of sp³-hybridized carbons (Fsp3) is 0. The van der Waals surface area contributed by atoms with Gasteiger partial charge in [-0.2, -0.15) is 0 Å². The number of fused-ring (bicyclic) bond motifs is 9. The maximum Gasteiger partial charge on any atom is 0.135 e. The molecular formula is C48H30N2O. The van der Waals surface area contributed by atoms with Crippen LogP contribution in [0.25, 0.3) is 99.2 Å². The Bertz CT molecular complexity index is 3130. The zero-order chi connectivity index (χ0) is 33.5. The average molecular weight is 651 g/mol. The Morgan fingerprint density at radius 2 is 0.863 bits per heavy atom. The quantitative estimate of drug-likeness (QED) is 0.186. The summed E-state index contributed by atoms with van der Waals surface area (Å²) in [6.07, 6.45) is 0. The highest BCUT2D eigenvalue weighted by Gasteiger charge is 2.20. The molecule has 8 aromatic carbocycles. The Labute approximate surface area is 293 Å². The van der Waals surface area contributed by atoms with Crippen molar-refractivity contribution in [2.24, 2.45) is 0 Å². The topological polar surface area (TPSA) is 23.0 Å². The van der Waals surface area contributed by atoms with Gasteiger partial charge in [-0.25, -0.2) is 0 Å². The smallest absolute Gasteiger partial charge is 0.135 e. The molecule has 51 heavy (non-hydrogen) atoms. The zero-order valence-electron chi connectivity index (χ0n) is 27.6. The van der Waals surface area contributed by atoms with Gasteiger partial charge < -0.3 is 13.6 Å². The van der Waals surface area contributed by atoms with Crippen LogP contribution in [-0.4, -0.2) is 9.13 Å². The number of rotatable bonds is 4. The number of aromatic nitrogens is 2. The van der Waals surface area contributed by atoms with Crippen molar-refractivity contribution in [1.29, 1.82) is 0 Å². The molecule has 0 radical (unpaired) electrons. The normalized spacial score (nSPS) is 11.9. The lowest BCUT2D eigenvalue weighted by atomic mass is 9.92. The van der Waals surface area contributed by atoms with Crippen LogP contribution in [0.3, 0.4) is 0 Å². The van der Waals surface area contributed by atoms with Crippen molar-refractivity contribution < 1.29 is 4.42 Å². The number of furan rings is 1. The molecule has 0 aliphatic carbocycles. The highest BCUT2D eigenvalue weighted by atomic mass is 16.3. The minimum absolute atomic E-state index is 0.899. The summed E-state index contributed by atoms with van der Waals surface area (Å²) in [5.41, 5.74) is 13.6. The van der Waals surface area contributed by atoms with E-state index in [0.717, 1.165) is 33.3 Å². The third-order valence-electron chi connectivity index (χ3n) is 10.5. The van der Waals surface area contributed by atoms with Gasteiger partial charge in [-0.3, -0.25) is 0 Å². The van der Waals surface area contributed by atoms with Crippen LogP contribution in [0.2, 0.25) is 0 Å². The summed E-state index contributed by atoms with van der Waals surface area (Å²) < 4.78 is 11.0. The molecule has 0 fully saturated rings. The second kappa shape index (κ2) is 10.8. The molecule has 11 rings (SSSR count). The summed E-state index contributed by atoms with van der Waals surface area (Å²) in [6.45, 7) is 0. The molecule has 0 aliphatic heterocycles. The van der Waals surface area contributed by atoms with Gasteiger partial charge in [0.25, 0.3) is 0 Å². The molecule has 0 saturated heterocycles. The molecule has 3 heterocycles. The predicted molar refractivity (Wildman–Crippen MR) is 213 cm³/mol. The molecule has 0 aliphatic rings. The first kappa shape index (κ1) is 28.0. The molecule has 11 aromatic rings. The first-order valence-electron chi connectivity index (χ1n) is 17.4. The van der Waals surface area contributed by atoms with Crippen LogP contribution in [0.1, 0.15) is 0 Å². The molecule has 0 bridgehead atoms. The fourth-order valence-electron chi connectivity index (χ4n) is 8.24. The van der Waals surface area contributed by atoms with Gasteiger partial charge in [-0.15, -0.1) is 0 Å². The molecule has 0 spiro atoms. The van der Waals surface area contributed by atoms with E-state index in [0.29, 0.717) is 0 Å². The molecule has 0 unspecified atom stereocenters. The van der Waals surface area contributed by atoms with Crippen LogP contribution in [0.4, 0.5) is 0 Å². The second-order valence-electron chi connectivity index (χ2n) is 13.3. The van der Waals surface area contributed by atoms with E-state index in [1.807, 2.05) is 12.1 Å². The van der Waals surface area contributed by atoms with Crippen LogP contribution in [-0.2, 0) is 0 Å². The molecule has 3 nitrogen and oxygen atoms in total. The third kappa shape index (κ3) is 4.19. The van der Waals surface area contributed by atoms with Crippen molar-refractivity contribution >= 4 is 65.6 Å². The molecule has 0 atom stereocenters. The Kier molecular flexibility index (Phi) is 5.96. The lowest BCUT2D eigenvalue weighted by molar-refractivity contribution is 0.669. The average Bonchev–Trinajstić information content (AvgIpc) is 3.85. The molecule has 0 N–H and O–H groups in total. The number of hydrogen-bond acceptors (Lipinski definition) is 1. The summed E-state index contributed by atoms with van der Waals surface area (Å²) in [7, 11) is 0. The van der Waals surface area contributed by atoms with E-state index in [4.69, 9.17) is 4.42 Å². The fourth-order valence-corrected chi connectivity index (χ4v) is 8.24. The highest BCUT2D eigenvalue weighted by molar-refractivity contribution is 6.15. The van der Waals surface area contributed by atoms with Crippen molar-refractivity contribution in [2.45, 2.75) is 0 Å². The molecule has 3 aromatic heterocycles. The minimum atomic E-state index is 0.899. The Morgan fingerprint density at radius 1 is 0.294 bits per heavy atom. The number of para-hydroxylation sites is 4. The van der Waals surface area contributed by atoms with Gasteiger partial charge >= 0.3 is 0 Å².